The zero-order chi connectivity index (χ0) is 14.5. The summed E-state index contributed by atoms with van der Waals surface area (Å²) in [7, 11) is 0. The first-order valence-electron chi connectivity index (χ1n) is 7.49. The molecule has 2 heterocycles. The summed E-state index contributed by atoms with van der Waals surface area (Å²) in [4.78, 5) is 14.2. The van der Waals surface area contributed by atoms with Gasteiger partial charge in [-0.05, 0) is 44.2 Å². The van der Waals surface area contributed by atoms with Gasteiger partial charge in [0.2, 0.25) is 0 Å². The Hall–Kier alpha value is -1.65. The van der Waals surface area contributed by atoms with E-state index in [9.17, 15) is 4.79 Å². The molecule has 1 aromatic heterocycles. The Morgan fingerprint density at radius 2 is 2.10 bits per heavy atom. The maximum absolute atomic E-state index is 12.3. The number of aromatic nitrogens is 2. The molecule has 1 fully saturated rings. The number of anilines is 1. The molecular weight excluding hydrogens is 252 g/mol. The van der Waals surface area contributed by atoms with Gasteiger partial charge in [0.15, 0.2) is 5.69 Å². The second kappa shape index (κ2) is 6.68. The summed E-state index contributed by atoms with van der Waals surface area (Å²) in [6.07, 6.45) is 3.17. The van der Waals surface area contributed by atoms with Crippen molar-refractivity contribution < 1.29 is 4.79 Å². The molecule has 1 aliphatic rings. The third-order valence-corrected chi connectivity index (χ3v) is 3.96. The van der Waals surface area contributed by atoms with Crippen LogP contribution >= 0.6 is 0 Å². The number of hydrogen-bond acceptors (Lipinski definition) is 4. The molecule has 0 saturated carbocycles. The third-order valence-electron chi connectivity index (χ3n) is 3.96. The van der Waals surface area contributed by atoms with Crippen molar-refractivity contribution in [1.29, 1.82) is 0 Å². The zero-order valence-electron chi connectivity index (χ0n) is 12.6. The minimum absolute atomic E-state index is 0.000472. The quantitative estimate of drug-likeness (QED) is 0.918. The molecule has 0 radical (unpaired) electrons. The standard InChI is InChI=1S/C15H24N4O/c1-4-12(3)16-14-6-5-13(17-18-14)15(20)19-9-7-11(2)8-10-19/h5-6,11-12H,4,7-10H2,1-3H3,(H,16,18). The van der Waals surface area contributed by atoms with Crippen molar-refractivity contribution in [2.75, 3.05) is 18.4 Å². The third kappa shape index (κ3) is 3.68. The second-order valence-corrected chi connectivity index (χ2v) is 5.73. The summed E-state index contributed by atoms with van der Waals surface area (Å²) in [5.41, 5.74) is 0.439. The Morgan fingerprint density at radius 1 is 1.40 bits per heavy atom. The number of rotatable bonds is 4. The predicted octanol–water partition coefficient (Wildman–Crippen LogP) is 2.56. The van der Waals surface area contributed by atoms with Gasteiger partial charge in [0, 0.05) is 19.1 Å². The highest BCUT2D eigenvalue weighted by atomic mass is 16.2. The SMILES string of the molecule is CCC(C)Nc1ccc(C(=O)N2CCC(C)CC2)nn1. The second-order valence-electron chi connectivity index (χ2n) is 5.73. The molecule has 1 aliphatic heterocycles. The summed E-state index contributed by atoms with van der Waals surface area (Å²) in [6, 6.07) is 3.95. The highest BCUT2D eigenvalue weighted by Crippen LogP contribution is 2.17. The predicted molar refractivity (Wildman–Crippen MR) is 79.7 cm³/mol. The highest BCUT2D eigenvalue weighted by Gasteiger charge is 2.22. The minimum atomic E-state index is -0.000472. The first-order valence-corrected chi connectivity index (χ1v) is 7.49. The number of nitrogens with zero attached hydrogens (tertiary/aromatic N) is 3. The highest BCUT2D eigenvalue weighted by molar-refractivity contribution is 5.92. The Labute approximate surface area is 120 Å². The lowest BCUT2D eigenvalue weighted by molar-refractivity contribution is 0.0690. The number of amides is 1. The average Bonchev–Trinajstić information content (AvgIpc) is 2.48. The number of piperidine rings is 1. The van der Waals surface area contributed by atoms with Gasteiger partial charge in [0.05, 0.1) is 0 Å². The van der Waals surface area contributed by atoms with Crippen molar-refractivity contribution in [2.45, 2.75) is 46.1 Å². The molecule has 110 valence electrons. The van der Waals surface area contributed by atoms with E-state index >= 15 is 0 Å². The molecule has 0 aromatic carbocycles. The van der Waals surface area contributed by atoms with E-state index in [2.05, 4.69) is 36.3 Å². The molecule has 1 unspecified atom stereocenters. The topological polar surface area (TPSA) is 58.1 Å². The van der Waals surface area contributed by atoms with E-state index in [0.29, 0.717) is 17.7 Å². The molecular formula is C15H24N4O. The van der Waals surface area contributed by atoms with Gasteiger partial charge in [-0.3, -0.25) is 4.79 Å². The largest absolute Gasteiger partial charge is 0.366 e. The molecule has 0 aliphatic carbocycles. The number of carbonyl (C=O) groups is 1. The van der Waals surface area contributed by atoms with Crippen LogP contribution in [0.5, 0.6) is 0 Å². The summed E-state index contributed by atoms with van der Waals surface area (Å²) >= 11 is 0. The van der Waals surface area contributed by atoms with Crippen molar-refractivity contribution in [3.63, 3.8) is 0 Å². The van der Waals surface area contributed by atoms with Crippen LogP contribution in [0, 0.1) is 5.92 Å². The smallest absolute Gasteiger partial charge is 0.274 e. The molecule has 1 N–H and O–H groups in total. The van der Waals surface area contributed by atoms with Crippen LogP contribution in [0.15, 0.2) is 12.1 Å². The van der Waals surface area contributed by atoms with Crippen molar-refractivity contribution >= 4 is 11.7 Å². The lowest BCUT2D eigenvalue weighted by Gasteiger charge is -2.29. The molecule has 5 nitrogen and oxygen atoms in total. The number of carbonyl (C=O) groups excluding carboxylic acids is 1. The van der Waals surface area contributed by atoms with Crippen LogP contribution in [0.25, 0.3) is 0 Å². The first-order chi connectivity index (χ1) is 9.60. The van der Waals surface area contributed by atoms with E-state index in [1.165, 1.54) is 0 Å². The summed E-state index contributed by atoms with van der Waals surface area (Å²) in [5.74, 6) is 1.44. The molecule has 0 spiro atoms. The van der Waals surface area contributed by atoms with Crippen LogP contribution in [0.2, 0.25) is 0 Å². The van der Waals surface area contributed by atoms with Crippen molar-refractivity contribution in [2.24, 2.45) is 5.92 Å². The van der Waals surface area contributed by atoms with Crippen LogP contribution in [0.1, 0.15) is 50.5 Å². The normalized spacial score (nSPS) is 17.9. The fourth-order valence-electron chi connectivity index (χ4n) is 2.25. The van der Waals surface area contributed by atoms with Crippen LogP contribution in [-0.2, 0) is 0 Å². The van der Waals surface area contributed by atoms with Crippen LogP contribution in [0.3, 0.4) is 0 Å². The molecule has 0 bridgehead atoms. The van der Waals surface area contributed by atoms with Crippen LogP contribution < -0.4 is 5.32 Å². The molecule has 5 heteroatoms. The van der Waals surface area contributed by atoms with E-state index in [-0.39, 0.29) is 5.91 Å². The maximum Gasteiger partial charge on any atom is 0.274 e. The molecule has 1 aromatic rings. The number of hydrogen-bond donors (Lipinski definition) is 1. The summed E-state index contributed by atoms with van der Waals surface area (Å²) in [5, 5.41) is 11.4. The number of nitrogens with one attached hydrogen (secondary N) is 1. The Balaban J connectivity index is 1.97. The lowest BCUT2D eigenvalue weighted by Crippen LogP contribution is -2.38. The summed E-state index contributed by atoms with van der Waals surface area (Å²) in [6.45, 7) is 8.09. The van der Waals surface area contributed by atoms with Gasteiger partial charge in [-0.2, -0.15) is 0 Å². The van der Waals surface area contributed by atoms with Gasteiger partial charge >= 0.3 is 0 Å². The van der Waals surface area contributed by atoms with Gasteiger partial charge in [-0.25, -0.2) is 0 Å². The molecule has 1 atom stereocenters. The van der Waals surface area contributed by atoms with Gasteiger partial charge in [0.25, 0.3) is 5.91 Å². The Bertz CT molecular complexity index is 438. The van der Waals surface area contributed by atoms with Crippen molar-refractivity contribution in [3.05, 3.63) is 17.8 Å². The van der Waals surface area contributed by atoms with E-state index in [1.807, 2.05) is 11.0 Å². The van der Waals surface area contributed by atoms with Crippen molar-refractivity contribution in [3.8, 4) is 0 Å². The monoisotopic (exact) mass is 276 g/mol. The zero-order valence-corrected chi connectivity index (χ0v) is 12.6. The molecule has 1 saturated heterocycles. The minimum Gasteiger partial charge on any atom is -0.366 e. The van der Waals surface area contributed by atoms with E-state index in [0.717, 1.165) is 38.2 Å². The van der Waals surface area contributed by atoms with Crippen molar-refractivity contribution in [1.82, 2.24) is 15.1 Å². The van der Waals surface area contributed by atoms with E-state index in [1.54, 1.807) is 6.07 Å². The lowest BCUT2D eigenvalue weighted by atomic mass is 9.99. The fraction of sp³-hybridized carbons (Fsp3) is 0.667. The Kier molecular flexibility index (Phi) is 4.93. The van der Waals surface area contributed by atoms with Crippen LogP contribution in [-0.4, -0.2) is 40.1 Å². The fourth-order valence-corrected chi connectivity index (χ4v) is 2.25. The van der Waals surface area contributed by atoms with E-state index < -0.39 is 0 Å². The van der Waals surface area contributed by atoms with Gasteiger partial charge < -0.3 is 10.2 Å². The molecule has 2 rings (SSSR count). The van der Waals surface area contributed by atoms with Crippen LogP contribution in [0.4, 0.5) is 5.82 Å². The number of likely N-dealkylation sites (tertiary alicyclic amines) is 1. The van der Waals surface area contributed by atoms with Gasteiger partial charge in [-0.15, -0.1) is 10.2 Å². The maximum atomic E-state index is 12.3. The Morgan fingerprint density at radius 3 is 2.65 bits per heavy atom. The van der Waals surface area contributed by atoms with Gasteiger partial charge in [-0.1, -0.05) is 13.8 Å². The summed E-state index contributed by atoms with van der Waals surface area (Å²) < 4.78 is 0. The van der Waals surface area contributed by atoms with Gasteiger partial charge in [0.1, 0.15) is 5.82 Å². The molecule has 20 heavy (non-hydrogen) atoms. The first kappa shape index (κ1) is 14.8. The average molecular weight is 276 g/mol. The molecule has 1 amide bonds. The van der Waals surface area contributed by atoms with E-state index in [4.69, 9.17) is 0 Å².